The third-order valence-electron chi connectivity index (χ3n) is 4.39. The smallest absolute Gasteiger partial charge is 0.268 e. The van der Waals surface area contributed by atoms with E-state index < -0.39 is 16.4 Å². The monoisotopic (exact) mass is 420 g/mol. The molecule has 0 spiro atoms. The Morgan fingerprint density at radius 1 is 1.00 bits per heavy atom. The summed E-state index contributed by atoms with van der Waals surface area (Å²) in [6.45, 7) is 0. The van der Waals surface area contributed by atoms with Crippen molar-refractivity contribution in [1.29, 1.82) is 10.5 Å². The molecule has 9 heteroatoms. The fourth-order valence-corrected chi connectivity index (χ4v) is 4.36. The van der Waals surface area contributed by atoms with Crippen molar-refractivity contribution in [3.05, 3.63) is 63.9 Å². The van der Waals surface area contributed by atoms with E-state index in [1.807, 2.05) is 12.1 Å². The number of aromatic nitrogens is 1. The molecule has 2 aromatic carbocycles. The lowest BCUT2D eigenvalue weighted by Gasteiger charge is -2.15. The minimum Gasteiger partial charge on any atom is -0.497 e. The summed E-state index contributed by atoms with van der Waals surface area (Å²) in [4.78, 5) is 15.2. The average molecular weight is 420 g/mol. The third kappa shape index (κ3) is 3.50. The van der Waals surface area contributed by atoms with Gasteiger partial charge in [0.2, 0.25) is 0 Å². The number of aromatic amines is 1. The molecule has 0 amide bonds. The number of benzene rings is 2. The first-order chi connectivity index (χ1) is 14.5. The molecule has 0 fully saturated rings. The zero-order valence-electron chi connectivity index (χ0n) is 16.1. The summed E-state index contributed by atoms with van der Waals surface area (Å²) in [6.07, 6.45) is 0. The summed E-state index contributed by atoms with van der Waals surface area (Å²) in [5.74, 6) is 0.680. The topological polar surface area (TPSA) is 142 Å². The summed E-state index contributed by atoms with van der Waals surface area (Å²) in [5.41, 5.74) is 5.04. The normalized spacial score (nSPS) is 11.2. The van der Waals surface area contributed by atoms with E-state index in [-0.39, 0.29) is 33.0 Å². The van der Waals surface area contributed by atoms with Crippen molar-refractivity contribution in [3.63, 3.8) is 0 Å². The fraction of sp³-hybridized carbons (Fsp3) is 0.0952. The number of anilines is 1. The largest absolute Gasteiger partial charge is 0.497 e. The fourth-order valence-electron chi connectivity index (χ4n) is 2.99. The molecule has 0 aliphatic carbocycles. The Labute approximate surface area is 174 Å². The van der Waals surface area contributed by atoms with Gasteiger partial charge in [-0.2, -0.15) is 10.5 Å². The molecule has 8 nitrogen and oxygen atoms in total. The van der Waals surface area contributed by atoms with Gasteiger partial charge in [0, 0.05) is 17.2 Å². The van der Waals surface area contributed by atoms with Crippen molar-refractivity contribution in [2.45, 2.75) is 9.79 Å². The summed E-state index contributed by atoms with van der Waals surface area (Å²) >= 11 is 0. The van der Waals surface area contributed by atoms with Crippen LogP contribution in [0.5, 0.6) is 11.5 Å². The first kappa shape index (κ1) is 20.6. The Kier molecular flexibility index (Phi) is 5.86. The predicted molar refractivity (Wildman–Crippen MR) is 111 cm³/mol. The van der Waals surface area contributed by atoms with Gasteiger partial charge in [-0.3, -0.25) is 4.79 Å². The molecule has 1 unspecified atom stereocenters. The molecule has 1 aromatic heterocycles. The van der Waals surface area contributed by atoms with Crippen LogP contribution >= 0.6 is 0 Å². The summed E-state index contributed by atoms with van der Waals surface area (Å²) in [7, 11) is 1.15. The molecule has 0 bridgehead atoms. The molecule has 0 radical (unpaired) electrons. The van der Waals surface area contributed by atoms with Crippen LogP contribution in [0.3, 0.4) is 0 Å². The van der Waals surface area contributed by atoms with Crippen molar-refractivity contribution in [1.82, 2.24) is 4.98 Å². The van der Waals surface area contributed by atoms with Gasteiger partial charge in [0.05, 0.1) is 34.8 Å². The van der Waals surface area contributed by atoms with E-state index in [1.54, 1.807) is 42.5 Å². The van der Waals surface area contributed by atoms with Gasteiger partial charge in [0.15, 0.2) is 0 Å². The number of rotatable bonds is 5. The molecule has 3 aromatic rings. The third-order valence-corrected chi connectivity index (χ3v) is 5.87. The number of nitrogens with two attached hydrogens (primary N) is 1. The highest BCUT2D eigenvalue weighted by Crippen LogP contribution is 2.37. The molecule has 3 rings (SSSR count). The van der Waals surface area contributed by atoms with Crippen LogP contribution in [-0.4, -0.2) is 23.4 Å². The molecule has 1 atom stereocenters. The number of H-pyrrole nitrogens is 1. The number of nitrogens with zero attached hydrogens (tertiary/aromatic N) is 2. The van der Waals surface area contributed by atoms with E-state index in [9.17, 15) is 19.5 Å². The molecule has 0 saturated carbocycles. The Bertz CT molecular complexity index is 1300. The van der Waals surface area contributed by atoms with Gasteiger partial charge >= 0.3 is 0 Å². The minimum absolute atomic E-state index is 0.0343. The molecular weight excluding hydrogens is 404 g/mol. The lowest BCUT2D eigenvalue weighted by Crippen LogP contribution is -2.16. The summed E-state index contributed by atoms with van der Waals surface area (Å²) in [6, 6.07) is 15.1. The van der Waals surface area contributed by atoms with Crippen molar-refractivity contribution in [2.24, 2.45) is 0 Å². The van der Waals surface area contributed by atoms with Crippen LogP contribution in [0.4, 0.5) is 5.82 Å². The second kappa shape index (κ2) is 8.52. The van der Waals surface area contributed by atoms with E-state index in [2.05, 4.69) is 4.98 Å². The molecule has 0 aliphatic heterocycles. The second-order valence-electron chi connectivity index (χ2n) is 6.00. The number of hydrogen-bond donors (Lipinski definition) is 2. The van der Waals surface area contributed by atoms with Crippen molar-refractivity contribution in [2.75, 3.05) is 20.0 Å². The number of pyridine rings is 1. The number of methoxy groups -OCH3 is 2. The van der Waals surface area contributed by atoms with Gasteiger partial charge in [0.1, 0.15) is 40.6 Å². The Balaban J connectivity index is 2.34. The van der Waals surface area contributed by atoms with Crippen LogP contribution in [0.2, 0.25) is 0 Å². The maximum Gasteiger partial charge on any atom is 0.268 e. The van der Waals surface area contributed by atoms with E-state index in [0.717, 1.165) is 0 Å². The summed E-state index contributed by atoms with van der Waals surface area (Å²) < 4.78 is 24.1. The Hall–Kier alpha value is -4.08. The molecule has 0 aliphatic rings. The number of nitrogen functional groups attached to an aromatic ring is 1. The number of hydrogen-bond acceptors (Lipinski definition) is 7. The molecule has 150 valence electrons. The van der Waals surface area contributed by atoms with Crippen LogP contribution in [0.25, 0.3) is 11.1 Å². The Morgan fingerprint density at radius 2 is 1.70 bits per heavy atom. The summed E-state index contributed by atoms with van der Waals surface area (Å²) in [5, 5.41) is 19.1. The van der Waals surface area contributed by atoms with Gasteiger partial charge in [-0.25, -0.2) is 4.21 Å². The minimum atomic E-state index is -1.79. The van der Waals surface area contributed by atoms with Gasteiger partial charge in [-0.05, 0) is 18.2 Å². The van der Waals surface area contributed by atoms with Gasteiger partial charge in [0.25, 0.3) is 5.56 Å². The first-order valence-electron chi connectivity index (χ1n) is 8.56. The molecule has 3 N–H and O–H groups in total. The van der Waals surface area contributed by atoms with E-state index in [4.69, 9.17) is 15.2 Å². The highest BCUT2D eigenvalue weighted by molar-refractivity contribution is 7.85. The van der Waals surface area contributed by atoms with E-state index >= 15 is 0 Å². The van der Waals surface area contributed by atoms with Gasteiger partial charge in [-0.15, -0.1) is 0 Å². The zero-order valence-corrected chi connectivity index (χ0v) is 16.9. The zero-order chi connectivity index (χ0) is 21.8. The van der Waals surface area contributed by atoms with E-state index in [1.165, 1.54) is 14.2 Å². The predicted octanol–water partition coefficient (Wildman–Crippen LogP) is 2.55. The average Bonchev–Trinajstić information content (AvgIpc) is 2.77. The van der Waals surface area contributed by atoms with Crippen LogP contribution < -0.4 is 20.8 Å². The van der Waals surface area contributed by atoms with Crippen molar-refractivity contribution < 1.29 is 13.7 Å². The Morgan fingerprint density at radius 3 is 2.33 bits per heavy atom. The number of nitriles is 2. The van der Waals surface area contributed by atoms with Gasteiger partial charge < -0.3 is 20.2 Å². The maximum atomic E-state index is 13.5. The van der Waals surface area contributed by atoms with Crippen LogP contribution in [0.15, 0.2) is 57.1 Å². The number of ether oxygens (including phenoxy) is 2. The first-order valence-corrected chi connectivity index (χ1v) is 9.70. The molecule has 30 heavy (non-hydrogen) atoms. The quantitative estimate of drug-likeness (QED) is 0.646. The van der Waals surface area contributed by atoms with Crippen molar-refractivity contribution in [3.8, 4) is 34.8 Å². The molecule has 1 heterocycles. The molecular formula is C21H16N4O4S. The van der Waals surface area contributed by atoms with Crippen LogP contribution in [0.1, 0.15) is 11.1 Å². The van der Waals surface area contributed by atoms with Crippen molar-refractivity contribution >= 4 is 16.6 Å². The highest BCUT2D eigenvalue weighted by atomic mass is 32.2. The standard InChI is InChI=1S/C21H16N4O4S/c1-28-12-7-8-16(29-2)18(9-12)30(27)17-6-4-3-5-13(17)19-14(10-22)20(24)25-21(26)15(19)11-23/h3-9H,1-2H3,(H3,24,25,26). The number of nitrogens with one attached hydrogen (secondary N) is 1. The highest BCUT2D eigenvalue weighted by Gasteiger charge is 2.24. The lowest BCUT2D eigenvalue weighted by molar-refractivity contribution is 0.393. The second-order valence-corrected chi connectivity index (χ2v) is 7.42. The SMILES string of the molecule is COc1ccc(OC)c(S(=O)c2ccccc2-c2c(C#N)c(N)[nH]c(=O)c2C#N)c1. The lowest BCUT2D eigenvalue weighted by atomic mass is 9.96. The van der Waals surface area contributed by atoms with Crippen LogP contribution in [0, 0.1) is 22.7 Å². The molecule has 0 saturated heterocycles. The van der Waals surface area contributed by atoms with Crippen LogP contribution in [-0.2, 0) is 10.8 Å². The van der Waals surface area contributed by atoms with E-state index in [0.29, 0.717) is 16.4 Å². The maximum absolute atomic E-state index is 13.5. The van der Waals surface area contributed by atoms with Gasteiger partial charge in [-0.1, -0.05) is 18.2 Å².